The first-order valence-electron chi connectivity index (χ1n) is 8.03. The van der Waals surface area contributed by atoms with Gasteiger partial charge in [-0.1, -0.05) is 49.0 Å². The molecule has 128 valence electrons. The van der Waals surface area contributed by atoms with E-state index in [9.17, 15) is 14.4 Å². The number of benzene rings is 1. The summed E-state index contributed by atoms with van der Waals surface area (Å²) in [6.45, 7) is 1.92. The van der Waals surface area contributed by atoms with Crippen LogP contribution in [0.5, 0.6) is 0 Å². The average molecular weight is 369 g/mol. The molecule has 2 aliphatic rings. The summed E-state index contributed by atoms with van der Waals surface area (Å²) in [5.74, 6) is -1.36. The number of imide groups is 2. The summed E-state index contributed by atoms with van der Waals surface area (Å²) in [6.07, 6.45) is 3.73. The van der Waals surface area contributed by atoms with Crippen molar-refractivity contribution < 1.29 is 14.4 Å². The zero-order valence-corrected chi connectivity index (χ0v) is 14.8. The van der Waals surface area contributed by atoms with Gasteiger partial charge in [0, 0.05) is 21.7 Å². The highest BCUT2D eigenvalue weighted by Crippen LogP contribution is 2.33. The molecule has 1 aliphatic carbocycles. The first kappa shape index (κ1) is 17.2. The molecule has 7 heteroatoms. The quantitative estimate of drug-likeness (QED) is 0.601. The van der Waals surface area contributed by atoms with E-state index in [1.807, 2.05) is 6.92 Å². The molecule has 5 nitrogen and oxygen atoms in total. The van der Waals surface area contributed by atoms with E-state index in [-0.39, 0.29) is 18.5 Å². The lowest BCUT2D eigenvalue weighted by Gasteiger charge is -2.34. The van der Waals surface area contributed by atoms with Crippen molar-refractivity contribution in [3.8, 4) is 0 Å². The second kappa shape index (κ2) is 6.73. The highest BCUT2D eigenvalue weighted by molar-refractivity contribution is 6.45. The minimum absolute atomic E-state index is 0.0977. The smallest absolute Gasteiger partial charge is 0.263 e. The van der Waals surface area contributed by atoms with Gasteiger partial charge in [-0.25, -0.2) is 4.79 Å². The Morgan fingerprint density at radius 2 is 1.67 bits per heavy atom. The fourth-order valence-electron chi connectivity index (χ4n) is 3.48. The van der Waals surface area contributed by atoms with Crippen LogP contribution in [0.1, 0.15) is 38.2 Å². The Morgan fingerprint density at radius 1 is 1.04 bits per heavy atom. The Morgan fingerprint density at radius 3 is 2.29 bits per heavy atom. The third-order valence-corrected chi connectivity index (χ3v) is 5.57. The second-order valence-electron chi connectivity index (χ2n) is 6.38. The van der Waals surface area contributed by atoms with E-state index in [0.717, 1.165) is 35.5 Å². The molecule has 0 aromatic heterocycles. The molecule has 1 aromatic rings. The van der Waals surface area contributed by atoms with Gasteiger partial charge < -0.3 is 0 Å². The highest BCUT2D eigenvalue weighted by Gasteiger charge is 2.49. The molecule has 4 amide bonds. The predicted octanol–water partition coefficient (Wildman–Crippen LogP) is 3.86. The number of carbonyl (C=O) groups is 3. The minimum Gasteiger partial charge on any atom is -0.263 e. The van der Waals surface area contributed by atoms with Crippen molar-refractivity contribution in [1.82, 2.24) is 9.80 Å². The number of rotatable bonds is 3. The van der Waals surface area contributed by atoms with Crippen LogP contribution in [0.15, 0.2) is 18.2 Å². The molecule has 0 spiro atoms. The summed E-state index contributed by atoms with van der Waals surface area (Å²) in [5, 5.41) is 0.722. The first-order chi connectivity index (χ1) is 11.4. The average Bonchev–Trinajstić information content (AvgIpc) is 2.75. The number of urea groups is 1. The van der Waals surface area contributed by atoms with Gasteiger partial charge in [-0.2, -0.15) is 0 Å². The number of halogens is 2. The molecule has 2 fully saturated rings. The maximum absolute atomic E-state index is 12.7. The molecule has 1 saturated carbocycles. The summed E-state index contributed by atoms with van der Waals surface area (Å²) in [4.78, 5) is 39.5. The Balaban J connectivity index is 1.87. The molecule has 1 heterocycles. The molecular weight excluding hydrogens is 351 g/mol. The largest absolute Gasteiger partial charge is 0.334 e. The maximum atomic E-state index is 12.7. The first-order valence-corrected chi connectivity index (χ1v) is 8.79. The van der Waals surface area contributed by atoms with Crippen LogP contribution in [0.3, 0.4) is 0 Å². The second-order valence-corrected chi connectivity index (χ2v) is 7.19. The van der Waals surface area contributed by atoms with Crippen molar-refractivity contribution in [3.05, 3.63) is 33.8 Å². The van der Waals surface area contributed by atoms with E-state index in [0.29, 0.717) is 15.6 Å². The summed E-state index contributed by atoms with van der Waals surface area (Å²) in [5.41, 5.74) is 0.467. The predicted molar refractivity (Wildman–Crippen MR) is 90.7 cm³/mol. The summed E-state index contributed by atoms with van der Waals surface area (Å²) in [6, 6.07) is 4.17. The molecular formula is C17H18Cl2N2O3. The molecule has 1 aromatic carbocycles. The normalized spacial score (nSPS) is 24.9. The van der Waals surface area contributed by atoms with Crippen molar-refractivity contribution in [2.24, 2.45) is 5.92 Å². The summed E-state index contributed by atoms with van der Waals surface area (Å²) in [7, 11) is 0. The number of amides is 4. The van der Waals surface area contributed by atoms with E-state index in [1.54, 1.807) is 18.2 Å². The molecule has 1 saturated heterocycles. The van der Waals surface area contributed by atoms with Crippen LogP contribution in [0.2, 0.25) is 10.0 Å². The van der Waals surface area contributed by atoms with E-state index < -0.39 is 17.8 Å². The van der Waals surface area contributed by atoms with Gasteiger partial charge in [-0.05, 0) is 30.9 Å². The lowest BCUT2D eigenvalue weighted by atomic mass is 9.85. The Kier molecular flexibility index (Phi) is 4.83. The molecule has 2 atom stereocenters. The molecule has 3 rings (SSSR count). The van der Waals surface area contributed by atoms with Gasteiger partial charge in [0.25, 0.3) is 0 Å². The zero-order chi connectivity index (χ0) is 17.4. The van der Waals surface area contributed by atoms with Crippen LogP contribution in [-0.2, 0) is 16.1 Å². The van der Waals surface area contributed by atoms with Crippen molar-refractivity contribution in [2.75, 3.05) is 0 Å². The van der Waals surface area contributed by atoms with Gasteiger partial charge in [0.1, 0.15) is 0 Å². The van der Waals surface area contributed by atoms with Gasteiger partial charge in [0.05, 0.1) is 6.54 Å². The monoisotopic (exact) mass is 368 g/mol. The fraction of sp³-hybridized carbons (Fsp3) is 0.471. The van der Waals surface area contributed by atoms with Gasteiger partial charge in [-0.15, -0.1) is 0 Å². The van der Waals surface area contributed by atoms with Crippen LogP contribution in [-0.4, -0.2) is 33.7 Å². The maximum Gasteiger partial charge on any atom is 0.334 e. The van der Waals surface area contributed by atoms with Gasteiger partial charge >= 0.3 is 17.8 Å². The van der Waals surface area contributed by atoms with E-state index in [2.05, 4.69) is 0 Å². The number of nitrogens with zero attached hydrogens (tertiary/aromatic N) is 2. The third-order valence-electron chi connectivity index (χ3n) is 4.86. The lowest BCUT2D eigenvalue weighted by molar-refractivity contribution is -0.144. The summed E-state index contributed by atoms with van der Waals surface area (Å²) >= 11 is 12.2. The van der Waals surface area contributed by atoms with Crippen molar-refractivity contribution in [1.29, 1.82) is 0 Å². The van der Waals surface area contributed by atoms with Crippen molar-refractivity contribution >= 4 is 41.0 Å². The third kappa shape index (κ3) is 2.91. The molecule has 2 unspecified atom stereocenters. The molecule has 1 aliphatic heterocycles. The minimum atomic E-state index is -0.811. The van der Waals surface area contributed by atoms with Crippen molar-refractivity contribution in [3.63, 3.8) is 0 Å². The highest BCUT2D eigenvalue weighted by atomic mass is 35.5. The van der Waals surface area contributed by atoms with E-state index >= 15 is 0 Å². The lowest BCUT2D eigenvalue weighted by Crippen LogP contribution is -2.46. The topological polar surface area (TPSA) is 57.7 Å². The van der Waals surface area contributed by atoms with Gasteiger partial charge in [0.15, 0.2) is 0 Å². The van der Waals surface area contributed by atoms with Crippen LogP contribution in [0, 0.1) is 5.92 Å². The molecule has 0 N–H and O–H groups in total. The number of hydrogen-bond donors (Lipinski definition) is 0. The zero-order valence-electron chi connectivity index (χ0n) is 13.3. The Bertz CT molecular complexity index is 687. The molecule has 24 heavy (non-hydrogen) atoms. The molecule has 0 radical (unpaired) electrons. The summed E-state index contributed by atoms with van der Waals surface area (Å²) < 4.78 is 0. The Labute approximate surface area is 150 Å². The SMILES string of the molecule is CC1CCCCC1N1C(=O)C(=O)N(Cc2c(Cl)cccc2Cl)C1=O. The van der Waals surface area contributed by atoms with Crippen LogP contribution >= 0.6 is 23.2 Å². The van der Waals surface area contributed by atoms with Crippen LogP contribution in [0.25, 0.3) is 0 Å². The fourth-order valence-corrected chi connectivity index (χ4v) is 3.99. The van der Waals surface area contributed by atoms with Gasteiger partial charge in [0.2, 0.25) is 0 Å². The standard InChI is InChI=1S/C17H18Cl2N2O3/c1-10-5-2-3-8-14(10)21-16(23)15(22)20(17(21)24)9-11-12(18)6-4-7-13(11)19/h4,6-7,10,14H,2-3,5,8-9H2,1H3. The number of carbonyl (C=O) groups excluding carboxylic acids is 3. The van der Waals surface area contributed by atoms with E-state index in [4.69, 9.17) is 23.2 Å². The molecule has 0 bridgehead atoms. The Hall–Kier alpha value is -1.59. The van der Waals surface area contributed by atoms with Crippen LogP contribution in [0.4, 0.5) is 4.79 Å². The number of hydrogen-bond acceptors (Lipinski definition) is 3. The van der Waals surface area contributed by atoms with Gasteiger partial charge in [-0.3, -0.25) is 19.4 Å². The van der Waals surface area contributed by atoms with Crippen LogP contribution < -0.4 is 0 Å². The van der Waals surface area contributed by atoms with Crippen molar-refractivity contribution in [2.45, 2.75) is 45.2 Å². The van der Waals surface area contributed by atoms with E-state index in [1.165, 1.54) is 0 Å².